The summed E-state index contributed by atoms with van der Waals surface area (Å²) in [5.74, 6) is 1.34. The Morgan fingerprint density at radius 2 is 1.55 bits per heavy atom. The summed E-state index contributed by atoms with van der Waals surface area (Å²) in [5, 5.41) is 3.20. The molecule has 0 atom stereocenters. The Labute approximate surface area is 129 Å². The predicted octanol–water partition coefficient (Wildman–Crippen LogP) is 5.23. The lowest BCUT2D eigenvalue weighted by Gasteiger charge is -2.09. The summed E-state index contributed by atoms with van der Waals surface area (Å²) in [6.07, 6.45) is 0. The van der Waals surface area contributed by atoms with E-state index in [0.29, 0.717) is 6.54 Å². The zero-order chi connectivity index (χ0) is 15.2. The Kier molecular flexibility index (Phi) is 4.35. The minimum Gasteiger partial charge on any atom is -0.457 e. The Morgan fingerprint density at radius 1 is 0.773 bits per heavy atom. The number of benzene rings is 3. The van der Waals surface area contributed by atoms with E-state index >= 15 is 0 Å². The lowest BCUT2D eigenvalue weighted by atomic mass is 10.2. The standard InChI is InChI=1S/C19H16FNO/c20-16-7-5-8-17(13-16)21-14-15-6-4-11-19(12-15)22-18-9-2-1-3-10-18/h1-13,21H,14H2. The van der Waals surface area contributed by atoms with Crippen molar-refractivity contribution in [3.8, 4) is 11.5 Å². The lowest BCUT2D eigenvalue weighted by molar-refractivity contribution is 0.482. The highest BCUT2D eigenvalue weighted by Gasteiger charge is 2.00. The SMILES string of the molecule is Fc1cccc(NCc2cccc(Oc3ccccc3)c2)c1. The van der Waals surface area contributed by atoms with Crippen LogP contribution in [0.2, 0.25) is 0 Å². The van der Waals surface area contributed by atoms with E-state index in [9.17, 15) is 4.39 Å². The third kappa shape index (κ3) is 3.85. The molecule has 3 heteroatoms. The number of hydrogen-bond acceptors (Lipinski definition) is 2. The van der Waals surface area contributed by atoms with Gasteiger partial charge < -0.3 is 10.1 Å². The molecule has 0 bridgehead atoms. The number of rotatable bonds is 5. The van der Waals surface area contributed by atoms with E-state index < -0.39 is 0 Å². The fourth-order valence-electron chi connectivity index (χ4n) is 2.15. The van der Waals surface area contributed by atoms with Crippen molar-refractivity contribution in [2.45, 2.75) is 6.54 Å². The first-order valence-electron chi connectivity index (χ1n) is 7.11. The van der Waals surface area contributed by atoms with Gasteiger partial charge in [-0.2, -0.15) is 0 Å². The quantitative estimate of drug-likeness (QED) is 0.695. The molecule has 0 aromatic heterocycles. The lowest BCUT2D eigenvalue weighted by Crippen LogP contribution is -1.99. The van der Waals surface area contributed by atoms with Gasteiger partial charge in [0.1, 0.15) is 17.3 Å². The summed E-state index contributed by atoms with van der Waals surface area (Å²) < 4.78 is 18.9. The first-order valence-corrected chi connectivity index (χ1v) is 7.11. The molecule has 110 valence electrons. The molecule has 0 aliphatic rings. The normalized spacial score (nSPS) is 10.2. The van der Waals surface area contributed by atoms with Gasteiger partial charge in [-0.25, -0.2) is 4.39 Å². The average molecular weight is 293 g/mol. The Bertz CT molecular complexity index is 743. The molecule has 0 fully saturated rings. The zero-order valence-electron chi connectivity index (χ0n) is 12.0. The van der Waals surface area contributed by atoms with Crippen LogP contribution in [0.5, 0.6) is 11.5 Å². The van der Waals surface area contributed by atoms with Crippen molar-refractivity contribution in [1.82, 2.24) is 0 Å². The van der Waals surface area contributed by atoms with Crippen LogP contribution >= 0.6 is 0 Å². The highest BCUT2D eigenvalue weighted by molar-refractivity contribution is 5.44. The first-order chi connectivity index (χ1) is 10.8. The van der Waals surface area contributed by atoms with Crippen LogP contribution in [-0.2, 0) is 6.54 Å². The van der Waals surface area contributed by atoms with E-state index in [2.05, 4.69) is 5.32 Å². The van der Waals surface area contributed by atoms with Crippen LogP contribution in [-0.4, -0.2) is 0 Å². The molecular formula is C19H16FNO. The van der Waals surface area contributed by atoms with Gasteiger partial charge in [0.05, 0.1) is 0 Å². The third-order valence-electron chi connectivity index (χ3n) is 3.20. The molecule has 22 heavy (non-hydrogen) atoms. The van der Waals surface area contributed by atoms with Crippen LogP contribution in [0, 0.1) is 5.82 Å². The van der Waals surface area contributed by atoms with Crippen LogP contribution in [0.25, 0.3) is 0 Å². The molecule has 0 heterocycles. The molecule has 0 saturated heterocycles. The summed E-state index contributed by atoms with van der Waals surface area (Å²) in [6, 6.07) is 23.9. The molecule has 1 N–H and O–H groups in total. The average Bonchev–Trinajstić information content (AvgIpc) is 2.54. The van der Waals surface area contributed by atoms with E-state index in [0.717, 1.165) is 22.7 Å². The number of nitrogens with one attached hydrogen (secondary N) is 1. The Balaban J connectivity index is 1.66. The van der Waals surface area contributed by atoms with Gasteiger partial charge in [-0.05, 0) is 48.0 Å². The number of hydrogen-bond donors (Lipinski definition) is 1. The van der Waals surface area contributed by atoms with E-state index in [-0.39, 0.29) is 5.82 Å². The van der Waals surface area contributed by atoms with Crippen LogP contribution < -0.4 is 10.1 Å². The molecule has 0 aliphatic carbocycles. The van der Waals surface area contributed by atoms with E-state index in [1.807, 2.05) is 60.7 Å². The first kappa shape index (κ1) is 14.1. The van der Waals surface area contributed by atoms with Crippen LogP contribution in [0.15, 0.2) is 78.9 Å². The number of anilines is 1. The summed E-state index contributed by atoms with van der Waals surface area (Å²) in [6.45, 7) is 0.607. The molecule has 0 saturated carbocycles. The molecule has 0 unspecified atom stereocenters. The number of halogens is 1. The van der Waals surface area contributed by atoms with Gasteiger partial charge in [-0.3, -0.25) is 0 Å². The minimum atomic E-state index is -0.244. The van der Waals surface area contributed by atoms with Crippen LogP contribution in [0.3, 0.4) is 0 Å². The van der Waals surface area contributed by atoms with E-state index in [1.165, 1.54) is 12.1 Å². The van der Waals surface area contributed by atoms with Crippen molar-refractivity contribution in [1.29, 1.82) is 0 Å². The van der Waals surface area contributed by atoms with Gasteiger partial charge in [0.25, 0.3) is 0 Å². The molecule has 0 spiro atoms. The van der Waals surface area contributed by atoms with Gasteiger partial charge >= 0.3 is 0 Å². The summed E-state index contributed by atoms with van der Waals surface area (Å²) in [5.41, 5.74) is 1.83. The van der Waals surface area contributed by atoms with Gasteiger partial charge in [0, 0.05) is 12.2 Å². The second-order valence-electron chi connectivity index (χ2n) is 4.93. The maximum absolute atomic E-state index is 13.1. The number of ether oxygens (including phenoxy) is 1. The molecule has 0 amide bonds. The molecule has 2 nitrogen and oxygen atoms in total. The highest BCUT2D eigenvalue weighted by atomic mass is 19.1. The van der Waals surface area contributed by atoms with Crippen molar-refractivity contribution in [2.75, 3.05) is 5.32 Å². The van der Waals surface area contributed by atoms with E-state index in [1.54, 1.807) is 6.07 Å². The zero-order valence-corrected chi connectivity index (χ0v) is 12.0. The maximum Gasteiger partial charge on any atom is 0.127 e. The summed E-state index contributed by atoms with van der Waals surface area (Å²) >= 11 is 0. The molecule has 0 aliphatic heterocycles. The van der Waals surface area contributed by atoms with Crippen molar-refractivity contribution < 1.29 is 9.13 Å². The molecular weight excluding hydrogens is 277 g/mol. The second-order valence-corrected chi connectivity index (χ2v) is 4.93. The van der Waals surface area contributed by atoms with Gasteiger partial charge in [0.2, 0.25) is 0 Å². The summed E-state index contributed by atoms with van der Waals surface area (Å²) in [4.78, 5) is 0. The maximum atomic E-state index is 13.1. The van der Waals surface area contributed by atoms with Crippen LogP contribution in [0.1, 0.15) is 5.56 Å². The van der Waals surface area contributed by atoms with Gasteiger partial charge in [-0.15, -0.1) is 0 Å². The van der Waals surface area contributed by atoms with Gasteiger partial charge in [0.15, 0.2) is 0 Å². The molecule has 3 aromatic carbocycles. The smallest absolute Gasteiger partial charge is 0.127 e. The fraction of sp³-hybridized carbons (Fsp3) is 0.0526. The van der Waals surface area contributed by atoms with E-state index in [4.69, 9.17) is 4.74 Å². The van der Waals surface area contributed by atoms with Crippen molar-refractivity contribution in [2.24, 2.45) is 0 Å². The minimum absolute atomic E-state index is 0.244. The molecule has 3 aromatic rings. The highest BCUT2D eigenvalue weighted by Crippen LogP contribution is 2.22. The van der Waals surface area contributed by atoms with Crippen LogP contribution in [0.4, 0.5) is 10.1 Å². The topological polar surface area (TPSA) is 21.3 Å². The summed E-state index contributed by atoms with van der Waals surface area (Å²) in [7, 11) is 0. The van der Waals surface area contributed by atoms with Gasteiger partial charge in [-0.1, -0.05) is 36.4 Å². The molecule has 0 radical (unpaired) electrons. The fourth-order valence-corrected chi connectivity index (χ4v) is 2.15. The van der Waals surface area contributed by atoms with Crippen molar-refractivity contribution >= 4 is 5.69 Å². The Hall–Kier alpha value is -2.81. The Morgan fingerprint density at radius 3 is 2.36 bits per heavy atom. The van der Waals surface area contributed by atoms with Crippen molar-refractivity contribution in [3.05, 3.63) is 90.2 Å². The predicted molar refractivity (Wildman–Crippen MR) is 86.7 cm³/mol. The number of para-hydroxylation sites is 1. The molecule has 3 rings (SSSR count). The monoisotopic (exact) mass is 293 g/mol. The van der Waals surface area contributed by atoms with Crippen molar-refractivity contribution in [3.63, 3.8) is 0 Å². The third-order valence-corrected chi connectivity index (χ3v) is 3.20. The second kappa shape index (κ2) is 6.76. The largest absolute Gasteiger partial charge is 0.457 e.